The maximum atomic E-state index is 12.9. The van der Waals surface area contributed by atoms with Gasteiger partial charge in [-0.2, -0.15) is 5.26 Å². The second kappa shape index (κ2) is 7.41. The molecule has 1 amide bonds. The van der Waals surface area contributed by atoms with Crippen LogP contribution in [0.3, 0.4) is 0 Å². The summed E-state index contributed by atoms with van der Waals surface area (Å²) in [5.74, 6) is -0.687. The quantitative estimate of drug-likeness (QED) is 0.522. The first-order valence-electron chi connectivity index (χ1n) is 9.69. The standard InChI is InChI=1S/C20H27N3O4/c1-11(22)16(9-21)17(24)10-27-18(25)12(2)23-19(26)20-6-13-3-14(7-20)5-15(4-13)8-20/h12-16,22H,3-8,10H2,1-2H3,(H,23,26)/t12-,13?,14?,15?,16-,20?/m0/s1. The maximum Gasteiger partial charge on any atom is 0.328 e. The van der Waals surface area contributed by atoms with Gasteiger partial charge >= 0.3 is 5.97 Å². The van der Waals surface area contributed by atoms with Gasteiger partial charge in [-0.3, -0.25) is 9.59 Å². The summed E-state index contributed by atoms with van der Waals surface area (Å²) < 4.78 is 4.97. The second-order valence-electron chi connectivity index (χ2n) is 8.71. The summed E-state index contributed by atoms with van der Waals surface area (Å²) in [6.07, 6.45) is 6.44. The van der Waals surface area contributed by atoms with Crippen molar-refractivity contribution in [1.82, 2.24) is 5.32 Å². The fourth-order valence-corrected chi connectivity index (χ4v) is 5.56. The van der Waals surface area contributed by atoms with Crippen molar-refractivity contribution in [3.05, 3.63) is 0 Å². The molecular weight excluding hydrogens is 346 g/mol. The normalized spacial score (nSPS) is 32.9. The fraction of sp³-hybridized carbons (Fsp3) is 0.750. The van der Waals surface area contributed by atoms with Gasteiger partial charge in [-0.25, -0.2) is 4.79 Å². The smallest absolute Gasteiger partial charge is 0.328 e. The molecule has 2 atom stereocenters. The van der Waals surface area contributed by atoms with Gasteiger partial charge in [-0.1, -0.05) is 0 Å². The van der Waals surface area contributed by atoms with Gasteiger partial charge in [-0.05, 0) is 70.1 Å². The number of rotatable bonds is 7. The van der Waals surface area contributed by atoms with Crippen LogP contribution in [0.5, 0.6) is 0 Å². The average Bonchev–Trinajstić information content (AvgIpc) is 2.58. The summed E-state index contributed by atoms with van der Waals surface area (Å²) in [6.45, 7) is 2.35. The topological polar surface area (TPSA) is 120 Å². The lowest BCUT2D eigenvalue weighted by Gasteiger charge is -2.55. The number of esters is 1. The molecule has 0 aromatic rings. The Kier molecular flexibility index (Phi) is 5.36. The molecule has 4 aliphatic carbocycles. The number of hydrogen-bond acceptors (Lipinski definition) is 6. The van der Waals surface area contributed by atoms with Crippen molar-refractivity contribution in [2.45, 2.75) is 58.4 Å². The first-order valence-corrected chi connectivity index (χ1v) is 9.69. The molecule has 4 fully saturated rings. The molecule has 0 aliphatic heterocycles. The minimum atomic E-state index is -1.20. The van der Waals surface area contributed by atoms with E-state index >= 15 is 0 Å². The number of carbonyl (C=O) groups is 3. The third kappa shape index (κ3) is 3.90. The Labute approximate surface area is 159 Å². The minimum Gasteiger partial charge on any atom is -0.456 e. The Morgan fingerprint density at radius 2 is 1.70 bits per heavy atom. The maximum absolute atomic E-state index is 12.9. The van der Waals surface area contributed by atoms with E-state index in [0.29, 0.717) is 17.8 Å². The molecular formula is C20H27N3O4. The summed E-state index contributed by atoms with van der Waals surface area (Å²) in [7, 11) is 0. The third-order valence-corrected chi connectivity index (χ3v) is 6.46. The van der Waals surface area contributed by atoms with Crippen molar-refractivity contribution in [2.24, 2.45) is 29.1 Å². The van der Waals surface area contributed by atoms with Crippen LogP contribution < -0.4 is 5.32 Å². The van der Waals surface area contributed by atoms with Gasteiger partial charge in [0.25, 0.3) is 0 Å². The fourth-order valence-electron chi connectivity index (χ4n) is 5.56. The minimum absolute atomic E-state index is 0.0670. The Morgan fingerprint density at radius 3 is 2.15 bits per heavy atom. The first-order chi connectivity index (χ1) is 12.7. The number of carbonyl (C=O) groups excluding carboxylic acids is 3. The van der Waals surface area contributed by atoms with Gasteiger partial charge in [0.15, 0.2) is 12.4 Å². The van der Waals surface area contributed by atoms with Crippen LogP contribution in [0.4, 0.5) is 0 Å². The molecule has 0 spiro atoms. The largest absolute Gasteiger partial charge is 0.456 e. The van der Waals surface area contributed by atoms with Crippen LogP contribution in [-0.2, 0) is 19.1 Å². The number of nitrogens with zero attached hydrogens (tertiary/aromatic N) is 1. The highest BCUT2D eigenvalue weighted by molar-refractivity contribution is 6.06. The number of ketones is 1. The van der Waals surface area contributed by atoms with Crippen LogP contribution in [0.1, 0.15) is 52.4 Å². The third-order valence-electron chi connectivity index (χ3n) is 6.46. The van der Waals surface area contributed by atoms with Crippen molar-refractivity contribution < 1.29 is 19.1 Å². The van der Waals surface area contributed by atoms with Crippen LogP contribution in [0.15, 0.2) is 0 Å². The van der Waals surface area contributed by atoms with E-state index in [4.69, 9.17) is 15.4 Å². The summed E-state index contributed by atoms with van der Waals surface area (Å²) in [4.78, 5) is 37.0. The number of hydrogen-bond donors (Lipinski definition) is 2. The van der Waals surface area contributed by atoms with E-state index in [1.807, 2.05) is 0 Å². The molecule has 7 nitrogen and oxygen atoms in total. The summed E-state index contributed by atoms with van der Waals surface area (Å²) in [6, 6.07) is 0.878. The van der Waals surface area contributed by atoms with Crippen LogP contribution >= 0.6 is 0 Å². The lowest BCUT2D eigenvalue weighted by atomic mass is 9.49. The van der Waals surface area contributed by atoms with Crippen molar-refractivity contribution in [3.8, 4) is 6.07 Å². The summed E-state index contributed by atoms with van der Waals surface area (Å²) in [5.41, 5.74) is -0.427. The molecule has 2 N–H and O–H groups in total. The molecule has 0 heterocycles. The van der Waals surface area contributed by atoms with Crippen LogP contribution in [0.2, 0.25) is 0 Å². The molecule has 4 bridgehead atoms. The van der Waals surface area contributed by atoms with Crippen LogP contribution in [-0.4, -0.2) is 36.0 Å². The Hall–Kier alpha value is -2.23. The highest BCUT2D eigenvalue weighted by atomic mass is 16.5. The molecule has 7 heteroatoms. The summed E-state index contributed by atoms with van der Waals surface area (Å²) in [5, 5.41) is 19.1. The van der Waals surface area contributed by atoms with Crippen molar-refractivity contribution >= 4 is 23.4 Å². The number of ether oxygens (including phenoxy) is 1. The molecule has 4 aliphatic rings. The van der Waals surface area contributed by atoms with E-state index in [0.717, 1.165) is 19.3 Å². The van der Waals surface area contributed by atoms with E-state index < -0.39 is 30.3 Å². The molecule has 4 saturated carbocycles. The predicted octanol–water partition coefficient (Wildman–Crippen LogP) is 2.00. The van der Waals surface area contributed by atoms with E-state index in [1.54, 1.807) is 13.0 Å². The van der Waals surface area contributed by atoms with Crippen molar-refractivity contribution in [1.29, 1.82) is 10.7 Å². The zero-order valence-corrected chi connectivity index (χ0v) is 15.9. The van der Waals surface area contributed by atoms with Crippen LogP contribution in [0, 0.1) is 45.8 Å². The number of amides is 1. The zero-order valence-electron chi connectivity index (χ0n) is 15.9. The van der Waals surface area contributed by atoms with E-state index in [9.17, 15) is 14.4 Å². The molecule has 0 aromatic heterocycles. The van der Waals surface area contributed by atoms with E-state index in [1.165, 1.54) is 26.2 Å². The Bertz CT molecular complexity index is 673. The molecule has 0 aromatic carbocycles. The van der Waals surface area contributed by atoms with Crippen molar-refractivity contribution in [2.75, 3.05) is 6.61 Å². The van der Waals surface area contributed by atoms with Gasteiger partial charge in [0.05, 0.1) is 6.07 Å². The molecule has 0 saturated heterocycles. The number of nitriles is 1. The number of Topliss-reactive ketones (excluding diaryl/α,β-unsaturated/α-hetero) is 1. The molecule has 0 unspecified atom stereocenters. The van der Waals surface area contributed by atoms with Gasteiger partial charge in [0, 0.05) is 11.1 Å². The molecule has 4 rings (SSSR count). The SMILES string of the molecule is CC(=N)[C@H](C#N)C(=O)COC(=O)[C@H](C)NC(=O)C12CC3CC(CC(C3)C1)C2. The van der Waals surface area contributed by atoms with Gasteiger partial charge in [-0.15, -0.1) is 0 Å². The molecule has 0 radical (unpaired) electrons. The lowest BCUT2D eigenvalue weighted by Crippen LogP contribution is -2.56. The van der Waals surface area contributed by atoms with Gasteiger partial charge in [0.2, 0.25) is 5.91 Å². The second-order valence-corrected chi connectivity index (χ2v) is 8.71. The lowest BCUT2D eigenvalue weighted by molar-refractivity contribution is -0.155. The van der Waals surface area contributed by atoms with E-state index in [-0.39, 0.29) is 17.0 Å². The molecule has 27 heavy (non-hydrogen) atoms. The van der Waals surface area contributed by atoms with E-state index in [2.05, 4.69) is 5.32 Å². The highest BCUT2D eigenvalue weighted by Gasteiger charge is 2.54. The zero-order chi connectivity index (χ0) is 19.8. The summed E-state index contributed by atoms with van der Waals surface area (Å²) >= 11 is 0. The number of nitrogens with one attached hydrogen (secondary N) is 2. The highest BCUT2D eigenvalue weighted by Crippen LogP contribution is 2.60. The van der Waals surface area contributed by atoms with Gasteiger partial charge < -0.3 is 15.5 Å². The van der Waals surface area contributed by atoms with Crippen molar-refractivity contribution in [3.63, 3.8) is 0 Å². The first kappa shape index (κ1) is 19.5. The van der Waals surface area contributed by atoms with Crippen LogP contribution in [0.25, 0.3) is 0 Å². The molecule has 146 valence electrons. The average molecular weight is 373 g/mol. The Balaban J connectivity index is 1.53. The van der Waals surface area contributed by atoms with Gasteiger partial charge in [0.1, 0.15) is 12.0 Å². The monoisotopic (exact) mass is 373 g/mol. The Morgan fingerprint density at radius 1 is 1.19 bits per heavy atom. The predicted molar refractivity (Wildman–Crippen MR) is 96.7 cm³/mol.